The van der Waals surface area contributed by atoms with Crippen molar-refractivity contribution < 1.29 is 23.8 Å². The number of ether oxygens (including phenoxy) is 3. The van der Waals surface area contributed by atoms with Crippen LogP contribution >= 0.6 is 15.9 Å². The van der Waals surface area contributed by atoms with Crippen molar-refractivity contribution in [1.29, 1.82) is 0 Å². The molecule has 7 nitrogen and oxygen atoms in total. The standard InChI is InChI=1S/C18H35BrN2O5/c1-16(2)5-3-4-6-17(22)20-7-9-24-11-13-26-14-12-25-10-8-21-18(23)15-19/h16H,3-15H2,1-2H3,(H,20,22)(H,21,23). The number of unbranched alkanes of at least 4 members (excludes halogenated alkanes) is 1. The number of amides is 2. The second-order valence-electron chi connectivity index (χ2n) is 6.31. The Balaban J connectivity index is 3.17. The highest BCUT2D eigenvalue weighted by molar-refractivity contribution is 9.09. The van der Waals surface area contributed by atoms with E-state index in [-0.39, 0.29) is 11.8 Å². The number of alkyl halides is 1. The Hall–Kier alpha value is -0.700. The van der Waals surface area contributed by atoms with Gasteiger partial charge in [0.15, 0.2) is 0 Å². The molecule has 0 bridgehead atoms. The molecule has 26 heavy (non-hydrogen) atoms. The highest BCUT2D eigenvalue weighted by atomic mass is 79.9. The fourth-order valence-electron chi connectivity index (χ4n) is 2.04. The van der Waals surface area contributed by atoms with E-state index in [1.54, 1.807) is 0 Å². The highest BCUT2D eigenvalue weighted by Gasteiger charge is 2.01. The molecule has 0 aliphatic heterocycles. The molecule has 154 valence electrons. The summed E-state index contributed by atoms with van der Waals surface area (Å²) in [6.07, 6.45) is 3.82. The summed E-state index contributed by atoms with van der Waals surface area (Å²) in [5.74, 6) is 0.745. The van der Waals surface area contributed by atoms with Crippen LogP contribution in [0.2, 0.25) is 0 Å². The zero-order valence-corrected chi connectivity index (χ0v) is 17.8. The summed E-state index contributed by atoms with van der Waals surface area (Å²) in [6, 6.07) is 0. The van der Waals surface area contributed by atoms with Crippen molar-refractivity contribution in [3.63, 3.8) is 0 Å². The van der Waals surface area contributed by atoms with Crippen molar-refractivity contribution >= 4 is 27.7 Å². The van der Waals surface area contributed by atoms with Gasteiger partial charge in [-0.1, -0.05) is 42.6 Å². The lowest BCUT2D eigenvalue weighted by Gasteiger charge is -2.08. The van der Waals surface area contributed by atoms with Crippen LogP contribution in [-0.2, 0) is 23.8 Å². The van der Waals surface area contributed by atoms with E-state index in [1.807, 2.05) is 0 Å². The lowest BCUT2D eigenvalue weighted by Crippen LogP contribution is -2.28. The molecule has 0 fully saturated rings. The lowest BCUT2D eigenvalue weighted by atomic mass is 10.1. The van der Waals surface area contributed by atoms with Crippen LogP contribution in [0.4, 0.5) is 0 Å². The van der Waals surface area contributed by atoms with Gasteiger partial charge >= 0.3 is 0 Å². The summed E-state index contributed by atoms with van der Waals surface area (Å²) >= 11 is 3.07. The molecular weight excluding hydrogens is 404 g/mol. The van der Waals surface area contributed by atoms with E-state index < -0.39 is 0 Å². The minimum atomic E-state index is -0.0516. The molecule has 0 heterocycles. The minimum absolute atomic E-state index is 0.0516. The Labute approximate surface area is 166 Å². The number of hydrogen-bond acceptors (Lipinski definition) is 5. The Kier molecular flexibility index (Phi) is 18.6. The van der Waals surface area contributed by atoms with E-state index in [0.29, 0.717) is 70.4 Å². The van der Waals surface area contributed by atoms with Crippen molar-refractivity contribution in [2.24, 2.45) is 5.92 Å². The molecule has 0 aromatic heterocycles. The molecule has 0 saturated carbocycles. The van der Waals surface area contributed by atoms with Gasteiger partial charge in [-0.3, -0.25) is 9.59 Å². The fourth-order valence-corrected chi connectivity index (χ4v) is 2.24. The lowest BCUT2D eigenvalue weighted by molar-refractivity contribution is -0.121. The van der Waals surface area contributed by atoms with E-state index in [4.69, 9.17) is 14.2 Å². The smallest absolute Gasteiger partial charge is 0.230 e. The Morgan fingerprint density at radius 2 is 1.31 bits per heavy atom. The third-order valence-electron chi connectivity index (χ3n) is 3.44. The van der Waals surface area contributed by atoms with Crippen LogP contribution in [-0.4, -0.2) is 69.9 Å². The molecule has 8 heteroatoms. The van der Waals surface area contributed by atoms with Gasteiger partial charge < -0.3 is 24.8 Å². The molecule has 0 aliphatic rings. The first-order valence-electron chi connectivity index (χ1n) is 9.38. The number of hydrogen-bond donors (Lipinski definition) is 2. The Morgan fingerprint density at radius 1 is 0.808 bits per heavy atom. The van der Waals surface area contributed by atoms with Crippen LogP contribution in [0.1, 0.15) is 39.5 Å². The Morgan fingerprint density at radius 3 is 1.81 bits per heavy atom. The van der Waals surface area contributed by atoms with Gasteiger partial charge in [-0.2, -0.15) is 0 Å². The predicted octanol–water partition coefficient (Wildman–Crippen LogP) is 1.88. The second kappa shape index (κ2) is 19.1. The molecule has 0 spiro atoms. The molecule has 0 unspecified atom stereocenters. The number of halogens is 1. The molecule has 0 aromatic carbocycles. The summed E-state index contributed by atoms with van der Waals surface area (Å²) in [4.78, 5) is 22.5. The Bertz CT molecular complexity index is 356. The van der Waals surface area contributed by atoms with Crippen LogP contribution in [0.3, 0.4) is 0 Å². The highest BCUT2D eigenvalue weighted by Crippen LogP contribution is 2.07. The molecule has 0 aromatic rings. The van der Waals surface area contributed by atoms with E-state index in [0.717, 1.165) is 12.8 Å². The van der Waals surface area contributed by atoms with Gasteiger partial charge in [0, 0.05) is 19.5 Å². The van der Waals surface area contributed by atoms with E-state index in [9.17, 15) is 9.59 Å². The SMILES string of the molecule is CC(C)CCCCC(=O)NCCOCCOCCOCCNC(=O)CBr. The molecule has 0 rings (SSSR count). The summed E-state index contributed by atoms with van der Waals surface area (Å²) in [6.45, 7) is 8.34. The average molecular weight is 439 g/mol. The van der Waals surface area contributed by atoms with Crippen molar-refractivity contribution in [3.05, 3.63) is 0 Å². The van der Waals surface area contributed by atoms with Gasteiger partial charge in [0.1, 0.15) is 0 Å². The molecule has 2 amide bonds. The quantitative estimate of drug-likeness (QED) is 0.252. The van der Waals surface area contributed by atoms with E-state index >= 15 is 0 Å². The molecule has 0 radical (unpaired) electrons. The summed E-state index contributed by atoms with van der Waals surface area (Å²) in [7, 11) is 0. The first-order valence-corrected chi connectivity index (χ1v) is 10.5. The van der Waals surface area contributed by atoms with Crippen molar-refractivity contribution in [1.82, 2.24) is 10.6 Å². The van der Waals surface area contributed by atoms with Crippen molar-refractivity contribution in [2.45, 2.75) is 39.5 Å². The zero-order valence-electron chi connectivity index (χ0n) is 16.2. The second-order valence-corrected chi connectivity index (χ2v) is 6.87. The van der Waals surface area contributed by atoms with Crippen LogP contribution in [0.15, 0.2) is 0 Å². The molecule has 2 N–H and O–H groups in total. The molecular formula is C18H35BrN2O5. The topological polar surface area (TPSA) is 85.9 Å². The monoisotopic (exact) mass is 438 g/mol. The number of carbonyl (C=O) groups is 2. The van der Waals surface area contributed by atoms with Crippen LogP contribution in [0, 0.1) is 5.92 Å². The van der Waals surface area contributed by atoms with Crippen LogP contribution < -0.4 is 10.6 Å². The molecule has 0 atom stereocenters. The predicted molar refractivity (Wildman–Crippen MR) is 106 cm³/mol. The maximum absolute atomic E-state index is 11.6. The number of nitrogens with one attached hydrogen (secondary N) is 2. The maximum Gasteiger partial charge on any atom is 0.230 e. The van der Waals surface area contributed by atoms with Gasteiger partial charge in [-0.05, 0) is 12.3 Å². The van der Waals surface area contributed by atoms with Crippen molar-refractivity contribution in [3.8, 4) is 0 Å². The maximum atomic E-state index is 11.6. The van der Waals surface area contributed by atoms with Gasteiger partial charge in [0.05, 0.1) is 45.0 Å². The van der Waals surface area contributed by atoms with Gasteiger partial charge in [-0.15, -0.1) is 0 Å². The first kappa shape index (κ1) is 25.3. The number of rotatable bonds is 18. The van der Waals surface area contributed by atoms with Gasteiger partial charge in [0.25, 0.3) is 0 Å². The first-order chi connectivity index (χ1) is 12.6. The van der Waals surface area contributed by atoms with E-state index in [2.05, 4.69) is 40.4 Å². The molecule has 0 aliphatic carbocycles. The van der Waals surface area contributed by atoms with Gasteiger partial charge in [-0.25, -0.2) is 0 Å². The molecule has 0 saturated heterocycles. The van der Waals surface area contributed by atoms with Gasteiger partial charge in [0.2, 0.25) is 11.8 Å². The number of carbonyl (C=O) groups excluding carboxylic acids is 2. The van der Waals surface area contributed by atoms with Crippen molar-refractivity contribution in [2.75, 3.05) is 58.1 Å². The van der Waals surface area contributed by atoms with Crippen LogP contribution in [0.5, 0.6) is 0 Å². The van der Waals surface area contributed by atoms with E-state index in [1.165, 1.54) is 6.42 Å². The summed E-state index contributed by atoms with van der Waals surface area (Å²) < 4.78 is 16.1. The third-order valence-corrected chi connectivity index (χ3v) is 3.95. The fraction of sp³-hybridized carbons (Fsp3) is 0.889. The minimum Gasteiger partial charge on any atom is -0.377 e. The largest absolute Gasteiger partial charge is 0.377 e. The summed E-state index contributed by atoms with van der Waals surface area (Å²) in [5, 5.41) is 5.85. The normalized spacial score (nSPS) is 10.9. The summed E-state index contributed by atoms with van der Waals surface area (Å²) in [5.41, 5.74) is 0. The average Bonchev–Trinajstić information content (AvgIpc) is 2.62. The zero-order chi connectivity index (χ0) is 19.5. The third kappa shape index (κ3) is 19.6. The van der Waals surface area contributed by atoms with Crippen LogP contribution in [0.25, 0.3) is 0 Å².